The Kier molecular flexibility index (Phi) is 3.86. The van der Waals surface area contributed by atoms with Crippen LogP contribution in [0.5, 0.6) is 11.5 Å². The first-order chi connectivity index (χ1) is 8.30. The minimum Gasteiger partial charge on any atom is -0.496 e. The van der Waals surface area contributed by atoms with Gasteiger partial charge in [0, 0.05) is 0 Å². The van der Waals surface area contributed by atoms with Gasteiger partial charge in [-0.2, -0.15) is 0 Å². The van der Waals surface area contributed by atoms with Crippen LogP contribution in [0.25, 0.3) is 0 Å². The topological polar surface area (TPSA) is 56.5 Å². The summed E-state index contributed by atoms with van der Waals surface area (Å²) in [6.07, 6.45) is 3.64. The van der Waals surface area contributed by atoms with E-state index >= 15 is 0 Å². The highest BCUT2D eigenvalue weighted by atomic mass is 16.5. The van der Waals surface area contributed by atoms with Crippen LogP contribution in [0.15, 0.2) is 18.2 Å². The minimum absolute atomic E-state index is 0.0913. The molecule has 4 heteroatoms. The molecule has 2 rings (SSSR count). The van der Waals surface area contributed by atoms with Gasteiger partial charge in [-0.1, -0.05) is 18.9 Å². The third-order valence-corrected chi connectivity index (χ3v) is 3.28. The average Bonchev–Trinajstić information content (AvgIpc) is 3.19. The van der Waals surface area contributed by atoms with Crippen molar-refractivity contribution in [1.82, 2.24) is 5.43 Å². The van der Waals surface area contributed by atoms with E-state index in [2.05, 4.69) is 5.43 Å². The molecule has 17 heavy (non-hydrogen) atoms. The van der Waals surface area contributed by atoms with Crippen molar-refractivity contribution >= 4 is 0 Å². The van der Waals surface area contributed by atoms with Crippen molar-refractivity contribution in [2.24, 2.45) is 11.8 Å². The van der Waals surface area contributed by atoms with Crippen LogP contribution in [0.4, 0.5) is 0 Å². The Bertz CT molecular complexity index is 355. The van der Waals surface area contributed by atoms with Crippen molar-refractivity contribution in [3.63, 3.8) is 0 Å². The first kappa shape index (κ1) is 12.2. The van der Waals surface area contributed by atoms with Gasteiger partial charge in [0.05, 0.1) is 25.8 Å². The van der Waals surface area contributed by atoms with Crippen LogP contribution in [0.3, 0.4) is 0 Å². The summed E-state index contributed by atoms with van der Waals surface area (Å²) in [4.78, 5) is 0. The van der Waals surface area contributed by atoms with Gasteiger partial charge in [-0.15, -0.1) is 0 Å². The van der Waals surface area contributed by atoms with Crippen molar-refractivity contribution in [3.05, 3.63) is 23.8 Å². The fraction of sp³-hybridized carbons (Fsp3) is 0.538. The van der Waals surface area contributed by atoms with E-state index in [1.54, 1.807) is 14.2 Å². The molecule has 0 spiro atoms. The second-order valence-electron chi connectivity index (χ2n) is 4.47. The number of ether oxygens (including phenoxy) is 2. The molecule has 0 aromatic heterocycles. The van der Waals surface area contributed by atoms with Crippen molar-refractivity contribution in [2.75, 3.05) is 14.2 Å². The van der Waals surface area contributed by atoms with Crippen LogP contribution in [0.2, 0.25) is 0 Å². The molecule has 1 fully saturated rings. The Balaban J connectivity index is 2.30. The van der Waals surface area contributed by atoms with Gasteiger partial charge in [0.2, 0.25) is 0 Å². The Morgan fingerprint density at radius 2 is 1.88 bits per heavy atom. The van der Waals surface area contributed by atoms with Gasteiger partial charge < -0.3 is 9.47 Å². The third kappa shape index (κ3) is 2.70. The lowest BCUT2D eigenvalue weighted by Gasteiger charge is -2.21. The van der Waals surface area contributed by atoms with Crippen LogP contribution in [0.1, 0.15) is 30.9 Å². The molecule has 4 nitrogen and oxygen atoms in total. The molecule has 1 aliphatic carbocycles. The van der Waals surface area contributed by atoms with Crippen molar-refractivity contribution in [1.29, 1.82) is 0 Å². The summed E-state index contributed by atoms with van der Waals surface area (Å²) in [5.41, 5.74) is 3.90. The summed E-state index contributed by atoms with van der Waals surface area (Å²) >= 11 is 0. The standard InChI is InChI=1S/C13H20N2O2/c1-16-11-4-3-5-12(17-2)13(11)10(15-14)8-9-6-7-9/h3-5,9-10,15H,6-8,14H2,1-2H3. The largest absolute Gasteiger partial charge is 0.496 e. The first-order valence-corrected chi connectivity index (χ1v) is 5.97. The van der Waals surface area contributed by atoms with E-state index in [4.69, 9.17) is 15.3 Å². The summed E-state index contributed by atoms with van der Waals surface area (Å²) in [7, 11) is 3.34. The molecule has 1 aliphatic rings. The smallest absolute Gasteiger partial charge is 0.127 e. The molecule has 3 N–H and O–H groups in total. The maximum Gasteiger partial charge on any atom is 0.127 e. The molecule has 0 bridgehead atoms. The molecule has 0 heterocycles. The maximum atomic E-state index is 5.67. The van der Waals surface area contributed by atoms with Crippen molar-refractivity contribution in [3.8, 4) is 11.5 Å². The molecule has 0 aliphatic heterocycles. The third-order valence-electron chi connectivity index (χ3n) is 3.28. The predicted molar refractivity (Wildman–Crippen MR) is 67.0 cm³/mol. The molecule has 0 saturated heterocycles. The van der Waals surface area contributed by atoms with Gasteiger partial charge in [-0.25, -0.2) is 0 Å². The predicted octanol–water partition coefficient (Wildman–Crippen LogP) is 2.01. The molecule has 0 radical (unpaired) electrons. The number of rotatable bonds is 6. The molecule has 1 saturated carbocycles. The molecular formula is C13H20N2O2. The average molecular weight is 236 g/mol. The van der Waals surface area contributed by atoms with E-state index in [0.29, 0.717) is 0 Å². The number of hydrazine groups is 1. The van der Waals surface area contributed by atoms with E-state index in [1.165, 1.54) is 12.8 Å². The lowest BCUT2D eigenvalue weighted by atomic mass is 9.99. The summed E-state index contributed by atoms with van der Waals surface area (Å²) in [5.74, 6) is 8.10. The van der Waals surface area contributed by atoms with Crippen LogP contribution in [-0.2, 0) is 0 Å². The molecule has 0 amide bonds. The number of nitrogens with one attached hydrogen (secondary N) is 1. The highest BCUT2D eigenvalue weighted by Crippen LogP contribution is 2.42. The van der Waals surface area contributed by atoms with Gasteiger partial charge in [-0.3, -0.25) is 11.3 Å². The van der Waals surface area contributed by atoms with Crippen LogP contribution in [0, 0.1) is 5.92 Å². The van der Waals surface area contributed by atoms with E-state index < -0.39 is 0 Å². The zero-order valence-electron chi connectivity index (χ0n) is 10.4. The normalized spacial score (nSPS) is 16.6. The van der Waals surface area contributed by atoms with Gasteiger partial charge >= 0.3 is 0 Å². The molecule has 1 unspecified atom stereocenters. The van der Waals surface area contributed by atoms with Gasteiger partial charge in [0.25, 0.3) is 0 Å². The highest BCUT2D eigenvalue weighted by Gasteiger charge is 2.28. The Morgan fingerprint density at radius 3 is 2.29 bits per heavy atom. The SMILES string of the molecule is COc1cccc(OC)c1C(CC1CC1)NN. The van der Waals surface area contributed by atoms with Gasteiger partial charge in [0.1, 0.15) is 11.5 Å². The van der Waals surface area contributed by atoms with Crippen molar-refractivity contribution < 1.29 is 9.47 Å². The second-order valence-corrected chi connectivity index (χ2v) is 4.47. The fourth-order valence-corrected chi connectivity index (χ4v) is 2.18. The summed E-state index contributed by atoms with van der Waals surface area (Å²) < 4.78 is 10.8. The van der Waals surface area contributed by atoms with E-state index in [1.807, 2.05) is 18.2 Å². The summed E-state index contributed by atoms with van der Waals surface area (Å²) in [6, 6.07) is 5.89. The molecule has 1 atom stereocenters. The monoisotopic (exact) mass is 236 g/mol. The number of benzene rings is 1. The Labute approximate surface area is 102 Å². The summed E-state index contributed by atoms with van der Waals surface area (Å²) in [6.45, 7) is 0. The fourth-order valence-electron chi connectivity index (χ4n) is 2.18. The number of methoxy groups -OCH3 is 2. The molecule has 1 aromatic carbocycles. The lowest BCUT2D eigenvalue weighted by Crippen LogP contribution is -2.29. The number of hydrogen-bond donors (Lipinski definition) is 2. The zero-order chi connectivity index (χ0) is 12.3. The van der Waals surface area contributed by atoms with E-state index in [0.717, 1.165) is 29.4 Å². The maximum absolute atomic E-state index is 5.67. The molecule has 94 valence electrons. The zero-order valence-corrected chi connectivity index (χ0v) is 10.4. The lowest BCUT2D eigenvalue weighted by molar-refractivity contribution is 0.363. The second kappa shape index (κ2) is 5.38. The number of hydrogen-bond acceptors (Lipinski definition) is 4. The highest BCUT2D eigenvalue weighted by molar-refractivity contribution is 5.47. The Morgan fingerprint density at radius 1 is 1.29 bits per heavy atom. The quantitative estimate of drug-likeness (QED) is 0.586. The molecule has 1 aromatic rings. The number of nitrogens with two attached hydrogens (primary N) is 1. The van der Waals surface area contributed by atoms with E-state index in [-0.39, 0.29) is 6.04 Å². The van der Waals surface area contributed by atoms with Crippen molar-refractivity contribution in [2.45, 2.75) is 25.3 Å². The van der Waals surface area contributed by atoms with Crippen LogP contribution < -0.4 is 20.7 Å². The minimum atomic E-state index is 0.0913. The molecular weight excluding hydrogens is 216 g/mol. The van der Waals surface area contributed by atoms with E-state index in [9.17, 15) is 0 Å². The Hall–Kier alpha value is -1.26. The van der Waals surface area contributed by atoms with Crippen LogP contribution in [-0.4, -0.2) is 14.2 Å². The van der Waals surface area contributed by atoms with Gasteiger partial charge in [-0.05, 0) is 24.5 Å². The van der Waals surface area contributed by atoms with Gasteiger partial charge in [0.15, 0.2) is 0 Å². The van der Waals surface area contributed by atoms with Crippen LogP contribution >= 0.6 is 0 Å². The first-order valence-electron chi connectivity index (χ1n) is 5.97. The summed E-state index contributed by atoms with van der Waals surface area (Å²) in [5, 5.41) is 0.